The molecule has 0 radical (unpaired) electrons. The van der Waals surface area contributed by atoms with E-state index >= 15 is 0 Å². The van der Waals surface area contributed by atoms with Gasteiger partial charge in [0.15, 0.2) is 0 Å². The average molecular weight is 169 g/mol. The molecule has 1 heterocycles. The first-order valence-electron chi connectivity index (χ1n) is 4.28. The zero-order valence-corrected chi connectivity index (χ0v) is 7.62. The fraction of sp³-hybridized carbons (Fsp3) is 0.667. The zero-order chi connectivity index (χ0) is 8.97. The summed E-state index contributed by atoms with van der Waals surface area (Å²) in [5.41, 5.74) is 0. The Hall–Kier alpha value is -0.990. The van der Waals surface area contributed by atoms with Crippen molar-refractivity contribution < 1.29 is 9.53 Å². The van der Waals surface area contributed by atoms with Crippen molar-refractivity contribution in [2.45, 2.75) is 20.3 Å². The summed E-state index contributed by atoms with van der Waals surface area (Å²) >= 11 is 0. The van der Waals surface area contributed by atoms with E-state index in [1.807, 2.05) is 13.8 Å². The van der Waals surface area contributed by atoms with Crippen molar-refractivity contribution in [1.29, 1.82) is 0 Å². The molecule has 1 aliphatic rings. The molecule has 0 aromatic rings. The largest absolute Gasteiger partial charge is 0.498 e. The topological polar surface area (TPSA) is 29.5 Å². The molecular weight excluding hydrogens is 154 g/mol. The van der Waals surface area contributed by atoms with Gasteiger partial charge in [0.25, 0.3) is 0 Å². The Kier molecular flexibility index (Phi) is 3.14. The summed E-state index contributed by atoms with van der Waals surface area (Å²) in [6, 6.07) is 0. The summed E-state index contributed by atoms with van der Waals surface area (Å²) in [6.07, 6.45) is 3.89. The lowest BCUT2D eigenvalue weighted by Crippen LogP contribution is -2.31. The van der Waals surface area contributed by atoms with Crippen LogP contribution >= 0.6 is 0 Å². The van der Waals surface area contributed by atoms with E-state index in [4.69, 9.17) is 4.74 Å². The highest BCUT2D eigenvalue weighted by molar-refractivity contribution is 5.77. The van der Waals surface area contributed by atoms with Crippen molar-refractivity contribution in [3.8, 4) is 0 Å². The highest BCUT2D eigenvalue weighted by Crippen LogP contribution is 2.06. The van der Waals surface area contributed by atoms with Gasteiger partial charge in [-0.25, -0.2) is 0 Å². The second kappa shape index (κ2) is 4.14. The first-order valence-corrected chi connectivity index (χ1v) is 4.28. The average Bonchev–Trinajstić information content (AvgIpc) is 2.05. The van der Waals surface area contributed by atoms with Crippen LogP contribution in [0.5, 0.6) is 0 Å². The van der Waals surface area contributed by atoms with Gasteiger partial charge in [-0.3, -0.25) is 4.79 Å². The standard InChI is InChI=1S/C9H15NO2/c1-8(2)7-9(11)10-3-5-12-6-4-10/h3,5,8H,4,6-7H2,1-2H3. The number of hydrogen-bond donors (Lipinski definition) is 0. The third kappa shape index (κ3) is 2.57. The lowest BCUT2D eigenvalue weighted by atomic mass is 10.1. The van der Waals surface area contributed by atoms with Gasteiger partial charge in [0.05, 0.1) is 12.8 Å². The molecular formula is C9H15NO2. The SMILES string of the molecule is CC(C)CC(=O)N1C=COCC1. The molecule has 3 nitrogen and oxygen atoms in total. The van der Waals surface area contributed by atoms with Crippen LogP contribution in [0, 0.1) is 5.92 Å². The third-order valence-electron chi connectivity index (χ3n) is 1.69. The summed E-state index contributed by atoms with van der Waals surface area (Å²) in [7, 11) is 0. The Morgan fingerprint density at radius 3 is 2.92 bits per heavy atom. The minimum atomic E-state index is 0.185. The van der Waals surface area contributed by atoms with E-state index in [0.29, 0.717) is 25.5 Å². The van der Waals surface area contributed by atoms with Crippen molar-refractivity contribution >= 4 is 5.91 Å². The van der Waals surface area contributed by atoms with Gasteiger partial charge in [0, 0.05) is 12.6 Å². The van der Waals surface area contributed by atoms with Gasteiger partial charge in [0.2, 0.25) is 5.91 Å². The third-order valence-corrected chi connectivity index (χ3v) is 1.69. The number of carbonyl (C=O) groups is 1. The van der Waals surface area contributed by atoms with Crippen LogP contribution in [0.4, 0.5) is 0 Å². The lowest BCUT2D eigenvalue weighted by molar-refractivity contribution is -0.130. The van der Waals surface area contributed by atoms with Gasteiger partial charge in [0.1, 0.15) is 6.61 Å². The predicted octanol–water partition coefficient (Wildman–Crippen LogP) is 1.36. The smallest absolute Gasteiger partial charge is 0.226 e. The predicted molar refractivity (Wildman–Crippen MR) is 46.3 cm³/mol. The molecule has 1 amide bonds. The fourth-order valence-corrected chi connectivity index (χ4v) is 1.08. The van der Waals surface area contributed by atoms with Gasteiger partial charge < -0.3 is 9.64 Å². The number of rotatable bonds is 2. The molecule has 0 aromatic carbocycles. The lowest BCUT2D eigenvalue weighted by Gasteiger charge is -2.22. The highest BCUT2D eigenvalue weighted by Gasteiger charge is 2.13. The van der Waals surface area contributed by atoms with Crippen LogP contribution in [0.2, 0.25) is 0 Å². The monoisotopic (exact) mass is 169 g/mol. The van der Waals surface area contributed by atoms with Crippen molar-refractivity contribution in [1.82, 2.24) is 4.90 Å². The molecule has 3 heteroatoms. The van der Waals surface area contributed by atoms with Crippen molar-refractivity contribution in [2.24, 2.45) is 5.92 Å². The Bertz CT molecular complexity index is 187. The van der Waals surface area contributed by atoms with Crippen LogP contribution in [0.15, 0.2) is 12.5 Å². The molecule has 0 unspecified atom stereocenters. The van der Waals surface area contributed by atoms with Gasteiger partial charge in [-0.15, -0.1) is 0 Å². The van der Waals surface area contributed by atoms with Crippen LogP contribution < -0.4 is 0 Å². The minimum Gasteiger partial charge on any atom is -0.498 e. The maximum Gasteiger partial charge on any atom is 0.226 e. The number of nitrogens with zero attached hydrogens (tertiary/aromatic N) is 1. The van der Waals surface area contributed by atoms with Gasteiger partial charge in [-0.05, 0) is 5.92 Å². The Balaban J connectivity index is 2.40. The summed E-state index contributed by atoms with van der Waals surface area (Å²) in [4.78, 5) is 13.1. The second-order valence-electron chi connectivity index (χ2n) is 3.34. The molecule has 1 rings (SSSR count). The van der Waals surface area contributed by atoms with Crippen LogP contribution in [0.3, 0.4) is 0 Å². The van der Waals surface area contributed by atoms with E-state index in [2.05, 4.69) is 0 Å². The fourth-order valence-electron chi connectivity index (χ4n) is 1.08. The first-order chi connectivity index (χ1) is 5.70. The molecule has 0 N–H and O–H groups in total. The van der Waals surface area contributed by atoms with Crippen molar-refractivity contribution in [2.75, 3.05) is 13.2 Å². The molecule has 0 fully saturated rings. The Morgan fingerprint density at radius 1 is 1.67 bits per heavy atom. The number of carbonyl (C=O) groups excluding carboxylic acids is 1. The molecule has 0 aliphatic carbocycles. The van der Waals surface area contributed by atoms with Crippen LogP contribution in [0.25, 0.3) is 0 Å². The number of hydrogen-bond acceptors (Lipinski definition) is 2. The zero-order valence-electron chi connectivity index (χ0n) is 7.62. The molecule has 1 aliphatic heterocycles. The first kappa shape index (κ1) is 9.10. The number of ether oxygens (including phenoxy) is 1. The molecule has 0 spiro atoms. The van der Waals surface area contributed by atoms with Crippen LogP contribution in [-0.2, 0) is 9.53 Å². The summed E-state index contributed by atoms with van der Waals surface area (Å²) in [5.74, 6) is 0.610. The molecule has 12 heavy (non-hydrogen) atoms. The highest BCUT2D eigenvalue weighted by atomic mass is 16.5. The quantitative estimate of drug-likeness (QED) is 0.624. The van der Waals surface area contributed by atoms with E-state index in [1.165, 1.54) is 0 Å². The van der Waals surface area contributed by atoms with Gasteiger partial charge in [-0.2, -0.15) is 0 Å². The van der Waals surface area contributed by atoms with E-state index < -0.39 is 0 Å². The summed E-state index contributed by atoms with van der Waals surface area (Å²) in [5, 5.41) is 0. The molecule has 0 saturated heterocycles. The molecule has 0 bridgehead atoms. The molecule has 0 aromatic heterocycles. The van der Waals surface area contributed by atoms with Crippen LogP contribution in [-0.4, -0.2) is 24.0 Å². The van der Waals surface area contributed by atoms with Gasteiger partial charge >= 0.3 is 0 Å². The van der Waals surface area contributed by atoms with Crippen LogP contribution in [0.1, 0.15) is 20.3 Å². The van der Waals surface area contributed by atoms with Crippen molar-refractivity contribution in [3.05, 3.63) is 12.5 Å². The maximum atomic E-state index is 11.4. The van der Waals surface area contributed by atoms with E-state index in [1.54, 1.807) is 17.4 Å². The van der Waals surface area contributed by atoms with E-state index in [-0.39, 0.29) is 5.91 Å². The normalized spacial score (nSPS) is 16.4. The second-order valence-corrected chi connectivity index (χ2v) is 3.34. The Labute approximate surface area is 73.0 Å². The maximum absolute atomic E-state index is 11.4. The van der Waals surface area contributed by atoms with Gasteiger partial charge in [-0.1, -0.05) is 13.8 Å². The summed E-state index contributed by atoms with van der Waals surface area (Å²) < 4.78 is 4.98. The van der Waals surface area contributed by atoms with E-state index in [9.17, 15) is 4.79 Å². The van der Waals surface area contributed by atoms with Crippen molar-refractivity contribution in [3.63, 3.8) is 0 Å². The minimum absolute atomic E-state index is 0.185. The van der Waals surface area contributed by atoms with E-state index in [0.717, 1.165) is 0 Å². The number of amides is 1. The summed E-state index contributed by atoms with van der Waals surface area (Å²) in [6.45, 7) is 5.38. The molecule has 0 saturated carbocycles. The molecule has 0 atom stereocenters. The molecule has 68 valence electrons. The Morgan fingerprint density at radius 2 is 2.42 bits per heavy atom.